The van der Waals surface area contributed by atoms with Crippen LogP contribution in [0.3, 0.4) is 0 Å². The Kier molecular flexibility index (Phi) is 3.87. The number of ether oxygens (including phenoxy) is 1. The first-order valence-electron chi connectivity index (χ1n) is 5.47. The van der Waals surface area contributed by atoms with E-state index < -0.39 is 5.97 Å². The fourth-order valence-corrected chi connectivity index (χ4v) is 1.75. The lowest BCUT2D eigenvalue weighted by molar-refractivity contribution is 0.0602. The van der Waals surface area contributed by atoms with Gasteiger partial charge in [0.1, 0.15) is 0 Å². The van der Waals surface area contributed by atoms with Crippen LogP contribution in [0.1, 0.15) is 10.4 Å². The number of aromatic nitrogens is 1. The van der Waals surface area contributed by atoms with Gasteiger partial charge in [-0.15, -0.1) is 0 Å². The zero-order valence-corrected chi connectivity index (χ0v) is 10.9. The number of esters is 1. The number of nitrogen functional groups attached to an aromatic ring is 1. The van der Waals surface area contributed by atoms with Crippen LogP contribution >= 0.6 is 11.6 Å². The lowest BCUT2D eigenvalue weighted by atomic mass is 10.2. The smallest absolute Gasteiger partial charge is 0.340 e. The summed E-state index contributed by atoms with van der Waals surface area (Å²) in [4.78, 5) is 15.6. The van der Waals surface area contributed by atoms with E-state index in [1.165, 1.54) is 19.4 Å². The predicted octanol–water partition coefficient (Wildman–Crippen LogP) is 2.85. The summed E-state index contributed by atoms with van der Waals surface area (Å²) in [7, 11) is 1.30. The summed E-state index contributed by atoms with van der Waals surface area (Å²) in [6, 6.07) is 8.61. The second-order valence-electron chi connectivity index (χ2n) is 3.75. The maximum atomic E-state index is 11.5. The summed E-state index contributed by atoms with van der Waals surface area (Å²) in [6.45, 7) is 0. The highest BCUT2D eigenvalue weighted by atomic mass is 35.5. The van der Waals surface area contributed by atoms with E-state index in [9.17, 15) is 4.79 Å². The Balaban J connectivity index is 2.33. The number of pyridine rings is 1. The normalized spacial score (nSPS) is 10.0. The molecule has 1 heterocycles. The standard InChI is InChI=1S/C13H12ClN3O2/c1-19-13(18)10-5-6-16-12(11(10)15)17-9-4-2-3-8(14)7-9/h2-7H,15H2,1H3,(H,16,17). The van der Waals surface area contributed by atoms with Gasteiger partial charge in [0.25, 0.3) is 0 Å². The minimum atomic E-state index is -0.506. The minimum Gasteiger partial charge on any atom is -0.465 e. The molecule has 98 valence electrons. The number of hydrogen-bond acceptors (Lipinski definition) is 5. The number of nitrogens with zero attached hydrogens (tertiary/aromatic N) is 1. The maximum Gasteiger partial charge on any atom is 0.340 e. The van der Waals surface area contributed by atoms with Crippen LogP contribution in [0.25, 0.3) is 0 Å². The second kappa shape index (κ2) is 5.58. The predicted molar refractivity (Wildman–Crippen MR) is 74.7 cm³/mol. The van der Waals surface area contributed by atoms with E-state index in [-0.39, 0.29) is 11.3 Å². The number of halogens is 1. The van der Waals surface area contributed by atoms with Gasteiger partial charge in [-0.3, -0.25) is 0 Å². The van der Waals surface area contributed by atoms with Gasteiger partial charge in [-0.1, -0.05) is 17.7 Å². The molecule has 19 heavy (non-hydrogen) atoms. The number of carbonyl (C=O) groups is 1. The summed E-state index contributed by atoms with van der Waals surface area (Å²) < 4.78 is 4.65. The first kappa shape index (κ1) is 13.2. The van der Waals surface area contributed by atoms with Crippen LogP contribution < -0.4 is 11.1 Å². The van der Waals surface area contributed by atoms with E-state index in [1.54, 1.807) is 18.2 Å². The van der Waals surface area contributed by atoms with Crippen LogP contribution in [0.2, 0.25) is 5.02 Å². The molecule has 0 unspecified atom stereocenters. The molecule has 0 atom stereocenters. The third-order valence-electron chi connectivity index (χ3n) is 2.48. The molecular weight excluding hydrogens is 266 g/mol. The largest absolute Gasteiger partial charge is 0.465 e. The van der Waals surface area contributed by atoms with Gasteiger partial charge >= 0.3 is 5.97 Å². The highest BCUT2D eigenvalue weighted by Crippen LogP contribution is 2.25. The number of benzene rings is 1. The topological polar surface area (TPSA) is 77.2 Å². The Morgan fingerprint density at radius 1 is 1.42 bits per heavy atom. The molecule has 5 nitrogen and oxygen atoms in total. The zero-order valence-electron chi connectivity index (χ0n) is 10.2. The van der Waals surface area contributed by atoms with Crippen LogP contribution in [-0.4, -0.2) is 18.1 Å². The number of nitrogens with one attached hydrogen (secondary N) is 1. The number of anilines is 3. The lowest BCUT2D eigenvalue weighted by Crippen LogP contribution is -2.08. The molecule has 0 aliphatic carbocycles. The van der Waals surface area contributed by atoms with Crippen molar-refractivity contribution >= 4 is 34.8 Å². The molecule has 0 saturated carbocycles. The van der Waals surface area contributed by atoms with Crippen LogP contribution in [0.5, 0.6) is 0 Å². The summed E-state index contributed by atoms with van der Waals surface area (Å²) in [6.07, 6.45) is 1.48. The van der Waals surface area contributed by atoms with Crippen LogP contribution in [0.4, 0.5) is 17.2 Å². The van der Waals surface area contributed by atoms with E-state index >= 15 is 0 Å². The zero-order chi connectivity index (χ0) is 13.8. The van der Waals surface area contributed by atoms with E-state index in [4.69, 9.17) is 17.3 Å². The van der Waals surface area contributed by atoms with E-state index in [0.717, 1.165) is 5.69 Å². The fourth-order valence-electron chi connectivity index (χ4n) is 1.56. The van der Waals surface area contributed by atoms with Crippen molar-refractivity contribution in [1.29, 1.82) is 0 Å². The lowest BCUT2D eigenvalue weighted by Gasteiger charge is -2.10. The van der Waals surface area contributed by atoms with Gasteiger partial charge in [-0.2, -0.15) is 0 Å². The average molecular weight is 278 g/mol. The van der Waals surface area contributed by atoms with E-state index in [0.29, 0.717) is 10.8 Å². The third-order valence-corrected chi connectivity index (χ3v) is 2.72. The van der Waals surface area contributed by atoms with Crippen LogP contribution in [0.15, 0.2) is 36.5 Å². The summed E-state index contributed by atoms with van der Waals surface area (Å²) in [5.74, 6) is -0.126. The first-order chi connectivity index (χ1) is 9.11. The van der Waals surface area contributed by atoms with Crippen LogP contribution in [0, 0.1) is 0 Å². The van der Waals surface area contributed by atoms with E-state index in [1.807, 2.05) is 6.07 Å². The summed E-state index contributed by atoms with van der Waals surface area (Å²) in [5.41, 5.74) is 7.11. The monoisotopic (exact) mass is 277 g/mol. The third kappa shape index (κ3) is 2.95. The van der Waals surface area contributed by atoms with E-state index in [2.05, 4.69) is 15.0 Å². The highest BCUT2D eigenvalue weighted by molar-refractivity contribution is 6.30. The average Bonchev–Trinajstić information content (AvgIpc) is 2.40. The number of nitrogens with two attached hydrogens (primary N) is 1. The number of rotatable bonds is 3. The molecule has 0 spiro atoms. The number of methoxy groups -OCH3 is 1. The van der Waals surface area contributed by atoms with Gasteiger partial charge in [0.05, 0.1) is 18.4 Å². The first-order valence-corrected chi connectivity index (χ1v) is 5.85. The molecule has 0 amide bonds. The van der Waals surface area contributed by atoms with Crippen molar-refractivity contribution in [1.82, 2.24) is 4.98 Å². The maximum absolute atomic E-state index is 11.5. The van der Waals surface area contributed by atoms with Gasteiger partial charge in [-0.25, -0.2) is 9.78 Å². The molecule has 2 rings (SSSR count). The van der Waals surface area contributed by atoms with Crippen molar-refractivity contribution in [2.24, 2.45) is 0 Å². The van der Waals surface area contributed by atoms with Gasteiger partial charge in [0.15, 0.2) is 5.82 Å². The van der Waals surface area contributed by atoms with Crippen LogP contribution in [-0.2, 0) is 4.74 Å². The minimum absolute atomic E-state index is 0.231. The van der Waals surface area contributed by atoms with Crippen molar-refractivity contribution in [3.8, 4) is 0 Å². The fraction of sp³-hybridized carbons (Fsp3) is 0.0769. The number of hydrogen-bond donors (Lipinski definition) is 2. The second-order valence-corrected chi connectivity index (χ2v) is 4.18. The molecule has 0 aliphatic heterocycles. The highest BCUT2D eigenvalue weighted by Gasteiger charge is 2.13. The van der Waals surface area contributed by atoms with Crippen molar-refractivity contribution in [3.63, 3.8) is 0 Å². The van der Waals surface area contributed by atoms with Gasteiger partial charge in [0.2, 0.25) is 0 Å². The molecule has 0 fully saturated rings. The molecule has 1 aromatic carbocycles. The Bertz CT molecular complexity index is 617. The Labute approximate surface area is 115 Å². The molecule has 0 saturated heterocycles. The van der Waals surface area contributed by atoms with Gasteiger partial charge < -0.3 is 15.8 Å². The van der Waals surface area contributed by atoms with Crippen molar-refractivity contribution in [2.75, 3.05) is 18.2 Å². The molecule has 3 N–H and O–H groups in total. The molecule has 6 heteroatoms. The van der Waals surface area contributed by atoms with Gasteiger partial charge in [-0.05, 0) is 24.3 Å². The molecule has 2 aromatic rings. The molecule has 0 aliphatic rings. The molecule has 1 aromatic heterocycles. The van der Waals surface area contributed by atoms with Crippen molar-refractivity contribution in [2.45, 2.75) is 0 Å². The Hall–Kier alpha value is -2.27. The molecule has 0 radical (unpaired) electrons. The summed E-state index contributed by atoms with van der Waals surface area (Å²) in [5, 5.41) is 3.59. The van der Waals surface area contributed by atoms with Crippen molar-refractivity contribution < 1.29 is 9.53 Å². The molecule has 0 bridgehead atoms. The Morgan fingerprint density at radius 2 is 2.21 bits per heavy atom. The SMILES string of the molecule is COC(=O)c1ccnc(Nc2cccc(Cl)c2)c1N. The Morgan fingerprint density at radius 3 is 2.89 bits per heavy atom. The number of carbonyl (C=O) groups excluding carboxylic acids is 1. The quantitative estimate of drug-likeness (QED) is 0.844. The van der Waals surface area contributed by atoms with Crippen molar-refractivity contribution in [3.05, 3.63) is 47.1 Å². The van der Waals surface area contributed by atoms with Gasteiger partial charge in [0, 0.05) is 16.9 Å². The molecular formula is C13H12ClN3O2. The summed E-state index contributed by atoms with van der Waals surface area (Å²) >= 11 is 5.89.